The van der Waals surface area contributed by atoms with Crippen molar-refractivity contribution < 1.29 is 42.2 Å². The van der Waals surface area contributed by atoms with Crippen molar-refractivity contribution in [3.05, 3.63) is 52.0 Å². The molecule has 13 heteroatoms. The third-order valence-electron chi connectivity index (χ3n) is 8.47. The van der Waals surface area contributed by atoms with Gasteiger partial charge in [0.2, 0.25) is 5.91 Å². The van der Waals surface area contributed by atoms with E-state index in [2.05, 4.69) is 4.90 Å². The summed E-state index contributed by atoms with van der Waals surface area (Å²) in [5.74, 6) is -0.587. The Bertz CT molecular complexity index is 1370. The fourth-order valence-electron chi connectivity index (χ4n) is 5.89. The molecule has 0 unspecified atom stereocenters. The molecule has 0 bridgehead atoms. The van der Waals surface area contributed by atoms with Gasteiger partial charge in [0.1, 0.15) is 11.9 Å². The van der Waals surface area contributed by atoms with E-state index in [9.17, 15) is 24.0 Å². The molecule has 3 heterocycles. The summed E-state index contributed by atoms with van der Waals surface area (Å²) < 4.78 is 25.9. The first kappa shape index (κ1) is 31.3. The zero-order valence-corrected chi connectivity index (χ0v) is 25.0. The van der Waals surface area contributed by atoms with E-state index in [1.54, 1.807) is 41.0 Å². The van der Waals surface area contributed by atoms with Gasteiger partial charge in [-0.15, -0.1) is 0 Å². The number of piperidine rings is 1. The predicted octanol–water partition coefficient (Wildman–Crippen LogP) is 2.92. The first-order valence-electron chi connectivity index (χ1n) is 15.2. The van der Waals surface area contributed by atoms with Crippen molar-refractivity contribution in [3.63, 3.8) is 0 Å². The van der Waals surface area contributed by atoms with Crippen molar-refractivity contribution in [2.24, 2.45) is 0 Å². The van der Waals surface area contributed by atoms with Crippen LogP contribution in [0.1, 0.15) is 66.8 Å². The minimum atomic E-state index is -0.835. The lowest BCUT2D eigenvalue weighted by atomic mass is 9.98. The summed E-state index contributed by atoms with van der Waals surface area (Å²) in [7, 11) is 0. The van der Waals surface area contributed by atoms with Gasteiger partial charge in [-0.3, -0.25) is 14.5 Å². The lowest BCUT2D eigenvalue weighted by Gasteiger charge is -2.41. The van der Waals surface area contributed by atoms with E-state index < -0.39 is 17.9 Å². The molecule has 1 aliphatic carbocycles. The van der Waals surface area contributed by atoms with E-state index in [0.717, 1.165) is 25.7 Å². The SMILES string of the molecule is Cc1oc(=O)oc1COC(=O)N1CCC(N2CCN(CC(=O)c3ccc(OCC(=O)OC4CCCCC4)cc3)C(=O)C2)CC1. The van der Waals surface area contributed by atoms with Crippen LogP contribution in [-0.4, -0.2) is 96.5 Å². The Hall–Kier alpha value is -4.13. The first-order valence-corrected chi connectivity index (χ1v) is 15.2. The van der Waals surface area contributed by atoms with Gasteiger partial charge in [0.25, 0.3) is 0 Å². The number of amides is 2. The van der Waals surface area contributed by atoms with E-state index in [0.29, 0.717) is 50.3 Å². The highest BCUT2D eigenvalue weighted by atomic mass is 16.6. The Morgan fingerprint density at radius 3 is 2.30 bits per heavy atom. The molecule has 3 fully saturated rings. The molecule has 2 saturated heterocycles. The van der Waals surface area contributed by atoms with Crippen LogP contribution < -0.4 is 10.6 Å². The van der Waals surface area contributed by atoms with Gasteiger partial charge in [0.15, 0.2) is 30.5 Å². The summed E-state index contributed by atoms with van der Waals surface area (Å²) in [6.07, 6.45) is 5.99. The maximum absolute atomic E-state index is 12.9. The molecule has 1 aromatic carbocycles. The molecule has 5 rings (SSSR count). The molecule has 238 valence electrons. The number of likely N-dealkylation sites (tertiary alicyclic amines) is 1. The van der Waals surface area contributed by atoms with Crippen LogP contribution in [0.3, 0.4) is 0 Å². The van der Waals surface area contributed by atoms with E-state index in [1.165, 1.54) is 6.42 Å². The minimum Gasteiger partial charge on any atom is -0.482 e. The summed E-state index contributed by atoms with van der Waals surface area (Å²) >= 11 is 0. The van der Waals surface area contributed by atoms with Gasteiger partial charge in [-0.25, -0.2) is 14.4 Å². The van der Waals surface area contributed by atoms with Gasteiger partial charge in [-0.05, 0) is 69.7 Å². The van der Waals surface area contributed by atoms with Crippen molar-refractivity contribution in [1.82, 2.24) is 14.7 Å². The fourth-order valence-corrected chi connectivity index (χ4v) is 5.89. The van der Waals surface area contributed by atoms with Gasteiger partial charge in [0.05, 0.1) is 13.1 Å². The number of Topliss-reactive ketones (excluding diaryl/α,β-unsaturated/α-hetero) is 1. The standard InChI is InChI=1S/C31H39N3O10/c1-21-27(44-31(39)42-21)19-41-30(38)32-13-11-23(12-14-32)33-15-16-34(28(36)18-33)17-26(35)22-7-9-24(10-8-22)40-20-29(37)43-25-5-3-2-4-6-25/h7-10,23,25H,2-6,11-20H2,1H3. The van der Waals surface area contributed by atoms with Crippen molar-refractivity contribution in [2.45, 2.75) is 70.6 Å². The Labute approximate surface area is 255 Å². The second-order valence-corrected chi connectivity index (χ2v) is 11.5. The smallest absolute Gasteiger partial charge is 0.482 e. The lowest BCUT2D eigenvalue weighted by Crippen LogP contribution is -2.56. The highest BCUT2D eigenvalue weighted by Crippen LogP contribution is 2.22. The number of aryl methyl sites for hydroxylation is 1. The number of esters is 1. The topological polar surface area (TPSA) is 149 Å². The molecule has 1 aromatic heterocycles. The molecule has 0 atom stereocenters. The minimum absolute atomic E-state index is 0.0128. The van der Waals surface area contributed by atoms with Crippen molar-refractivity contribution in [2.75, 3.05) is 45.9 Å². The Balaban J connectivity index is 1.00. The number of carbonyl (C=O) groups is 4. The van der Waals surface area contributed by atoms with E-state index in [1.807, 2.05) is 0 Å². The Kier molecular flexibility index (Phi) is 10.4. The number of rotatable bonds is 10. The zero-order chi connectivity index (χ0) is 31.1. The molecule has 0 radical (unpaired) electrons. The van der Waals surface area contributed by atoms with E-state index in [-0.39, 0.29) is 61.7 Å². The summed E-state index contributed by atoms with van der Waals surface area (Å²) in [6.45, 7) is 3.43. The highest BCUT2D eigenvalue weighted by molar-refractivity contribution is 5.99. The Morgan fingerprint density at radius 1 is 0.909 bits per heavy atom. The normalized spacial score (nSPS) is 18.7. The van der Waals surface area contributed by atoms with Gasteiger partial charge >= 0.3 is 17.9 Å². The largest absolute Gasteiger partial charge is 0.519 e. The van der Waals surface area contributed by atoms with Gasteiger partial charge in [-0.2, -0.15) is 0 Å². The maximum atomic E-state index is 12.9. The summed E-state index contributed by atoms with van der Waals surface area (Å²) in [5.41, 5.74) is 0.460. The second-order valence-electron chi connectivity index (χ2n) is 11.5. The average molecular weight is 614 g/mol. The van der Waals surface area contributed by atoms with Crippen LogP contribution in [-0.2, 0) is 25.7 Å². The monoisotopic (exact) mass is 613 g/mol. The van der Waals surface area contributed by atoms with Crippen molar-refractivity contribution in [3.8, 4) is 5.75 Å². The number of ketones is 1. The number of hydrogen-bond acceptors (Lipinski definition) is 11. The molecule has 2 aliphatic heterocycles. The van der Waals surface area contributed by atoms with Gasteiger partial charge in [0, 0.05) is 37.8 Å². The molecule has 13 nitrogen and oxygen atoms in total. The van der Waals surface area contributed by atoms with Crippen LogP contribution in [0.15, 0.2) is 37.9 Å². The summed E-state index contributed by atoms with van der Waals surface area (Å²) in [6, 6.07) is 6.69. The Morgan fingerprint density at radius 2 is 1.64 bits per heavy atom. The van der Waals surface area contributed by atoms with Crippen LogP contribution in [0, 0.1) is 6.92 Å². The number of ether oxygens (including phenoxy) is 3. The number of carbonyl (C=O) groups excluding carboxylic acids is 4. The number of nitrogens with zero attached hydrogens (tertiary/aromatic N) is 3. The van der Waals surface area contributed by atoms with Crippen molar-refractivity contribution in [1.29, 1.82) is 0 Å². The van der Waals surface area contributed by atoms with Crippen molar-refractivity contribution >= 4 is 23.8 Å². The van der Waals surface area contributed by atoms with Crippen LogP contribution in [0.5, 0.6) is 5.75 Å². The predicted molar refractivity (Wildman–Crippen MR) is 154 cm³/mol. The summed E-state index contributed by atoms with van der Waals surface area (Å²) in [4.78, 5) is 66.8. The van der Waals surface area contributed by atoms with Crippen LogP contribution in [0.25, 0.3) is 0 Å². The molecule has 0 spiro atoms. The fraction of sp³-hybridized carbons (Fsp3) is 0.581. The second kappa shape index (κ2) is 14.6. The quantitative estimate of drug-likeness (QED) is 0.288. The third-order valence-corrected chi connectivity index (χ3v) is 8.47. The number of piperazine rings is 1. The molecule has 44 heavy (non-hydrogen) atoms. The zero-order valence-electron chi connectivity index (χ0n) is 25.0. The molecular formula is C31H39N3O10. The third kappa shape index (κ3) is 8.28. The van der Waals surface area contributed by atoms with Crippen LogP contribution in [0.4, 0.5) is 4.79 Å². The molecule has 2 aromatic rings. The molecular weight excluding hydrogens is 574 g/mol. The number of hydrogen-bond donors (Lipinski definition) is 0. The average Bonchev–Trinajstić information content (AvgIpc) is 3.36. The van der Waals surface area contributed by atoms with E-state index in [4.69, 9.17) is 23.0 Å². The lowest BCUT2D eigenvalue weighted by molar-refractivity contribution is -0.152. The number of benzene rings is 1. The highest BCUT2D eigenvalue weighted by Gasteiger charge is 2.33. The molecule has 2 amide bonds. The van der Waals surface area contributed by atoms with Crippen LogP contribution >= 0.6 is 0 Å². The van der Waals surface area contributed by atoms with E-state index >= 15 is 0 Å². The first-order chi connectivity index (χ1) is 21.2. The molecule has 1 saturated carbocycles. The van der Waals surface area contributed by atoms with Gasteiger partial charge < -0.3 is 32.8 Å². The molecule has 0 N–H and O–H groups in total. The molecule has 3 aliphatic rings. The van der Waals surface area contributed by atoms with Crippen LogP contribution in [0.2, 0.25) is 0 Å². The maximum Gasteiger partial charge on any atom is 0.519 e. The van der Waals surface area contributed by atoms with Gasteiger partial charge in [-0.1, -0.05) is 6.42 Å². The summed E-state index contributed by atoms with van der Waals surface area (Å²) in [5, 5.41) is 0.